The molecule has 11 heteroatoms. The predicted molar refractivity (Wildman–Crippen MR) is 166 cm³/mol. The number of pyridine rings is 1. The standard InChI is InChI=1S/C31H32N6O4S/c1-20-18-25(21(2)35(20)27-12-11-24(37(38)39)19-28(27)40-3)30-29(26-6-4-5-13-32-26)33-31(42)36(30)23-9-7-22(8-10-23)34-14-16-41-17-15-34/h4-13,18-19,29-30H,14-17H2,1-3H3,(H,33,42)/t29-,30-/m0/s1. The number of hydrogen-bond acceptors (Lipinski definition) is 7. The van der Waals surface area contributed by atoms with Gasteiger partial charge in [0.25, 0.3) is 5.69 Å². The van der Waals surface area contributed by atoms with Gasteiger partial charge in [-0.1, -0.05) is 6.07 Å². The minimum absolute atomic E-state index is 0.0226. The van der Waals surface area contributed by atoms with Gasteiger partial charge in [0, 0.05) is 48.1 Å². The maximum absolute atomic E-state index is 11.4. The Kier molecular flexibility index (Phi) is 7.53. The van der Waals surface area contributed by atoms with E-state index in [1.807, 2.05) is 25.1 Å². The van der Waals surface area contributed by atoms with Gasteiger partial charge in [-0.2, -0.15) is 0 Å². The van der Waals surface area contributed by atoms with E-state index in [0.717, 1.165) is 66.0 Å². The number of nitrogens with zero attached hydrogens (tertiary/aromatic N) is 5. The predicted octanol–water partition coefficient (Wildman–Crippen LogP) is 5.42. The molecule has 0 unspecified atom stereocenters. The van der Waals surface area contributed by atoms with Gasteiger partial charge in [0.1, 0.15) is 5.75 Å². The zero-order chi connectivity index (χ0) is 29.4. The first-order valence-corrected chi connectivity index (χ1v) is 14.2. The Morgan fingerprint density at radius 1 is 1.05 bits per heavy atom. The molecule has 2 atom stereocenters. The highest BCUT2D eigenvalue weighted by atomic mass is 32.1. The van der Waals surface area contributed by atoms with Crippen molar-refractivity contribution in [2.45, 2.75) is 25.9 Å². The summed E-state index contributed by atoms with van der Waals surface area (Å²) in [7, 11) is 1.52. The third kappa shape index (κ3) is 4.94. The number of aryl methyl sites for hydroxylation is 1. The lowest BCUT2D eigenvalue weighted by Gasteiger charge is -2.31. The molecule has 0 bridgehead atoms. The number of non-ortho nitro benzene ring substituents is 1. The van der Waals surface area contributed by atoms with E-state index in [0.29, 0.717) is 10.9 Å². The van der Waals surface area contributed by atoms with E-state index in [2.05, 4.69) is 61.9 Å². The van der Waals surface area contributed by atoms with Crippen molar-refractivity contribution in [2.75, 3.05) is 43.2 Å². The number of thiocarbonyl (C=S) groups is 1. The summed E-state index contributed by atoms with van der Waals surface area (Å²) in [5, 5.41) is 15.6. The van der Waals surface area contributed by atoms with E-state index in [1.54, 1.807) is 12.3 Å². The quantitative estimate of drug-likeness (QED) is 0.173. The number of morpholine rings is 1. The van der Waals surface area contributed by atoms with Gasteiger partial charge in [0.15, 0.2) is 5.11 Å². The van der Waals surface area contributed by atoms with Crippen LogP contribution in [0.5, 0.6) is 5.75 Å². The first-order chi connectivity index (χ1) is 20.4. The summed E-state index contributed by atoms with van der Waals surface area (Å²) in [5.74, 6) is 0.425. The van der Waals surface area contributed by atoms with Crippen LogP contribution < -0.4 is 19.9 Å². The number of benzene rings is 2. The van der Waals surface area contributed by atoms with E-state index in [4.69, 9.17) is 21.7 Å². The van der Waals surface area contributed by atoms with Gasteiger partial charge in [-0.05, 0) is 80.2 Å². The van der Waals surface area contributed by atoms with Crippen molar-refractivity contribution in [2.24, 2.45) is 0 Å². The number of rotatable bonds is 7. The fourth-order valence-electron chi connectivity index (χ4n) is 6.02. The number of nitro groups is 1. The highest BCUT2D eigenvalue weighted by Gasteiger charge is 2.42. The Morgan fingerprint density at radius 3 is 2.45 bits per heavy atom. The van der Waals surface area contributed by atoms with Crippen molar-refractivity contribution in [3.05, 3.63) is 106 Å². The molecule has 2 aliphatic heterocycles. The zero-order valence-electron chi connectivity index (χ0n) is 23.7. The fourth-order valence-corrected chi connectivity index (χ4v) is 6.36. The lowest BCUT2D eigenvalue weighted by atomic mass is 9.96. The second-order valence-electron chi connectivity index (χ2n) is 10.4. The molecule has 6 rings (SSSR count). The van der Waals surface area contributed by atoms with E-state index in [-0.39, 0.29) is 17.8 Å². The van der Waals surface area contributed by atoms with Crippen LogP contribution in [-0.4, -0.2) is 53.0 Å². The van der Waals surface area contributed by atoms with E-state index in [1.165, 1.54) is 19.2 Å². The van der Waals surface area contributed by atoms with Gasteiger partial charge in [-0.15, -0.1) is 0 Å². The summed E-state index contributed by atoms with van der Waals surface area (Å²) in [4.78, 5) is 20.2. The molecular formula is C31H32N6O4S. The zero-order valence-corrected chi connectivity index (χ0v) is 24.5. The third-order valence-electron chi connectivity index (χ3n) is 8.01. The Labute approximate surface area is 249 Å². The molecule has 2 aliphatic rings. The number of aromatic nitrogens is 2. The van der Waals surface area contributed by atoms with E-state index < -0.39 is 4.92 Å². The van der Waals surface area contributed by atoms with Crippen LogP contribution >= 0.6 is 12.2 Å². The average molecular weight is 585 g/mol. The summed E-state index contributed by atoms with van der Waals surface area (Å²) >= 11 is 5.96. The van der Waals surface area contributed by atoms with E-state index in [9.17, 15) is 10.1 Å². The molecular weight excluding hydrogens is 552 g/mol. The summed E-state index contributed by atoms with van der Waals surface area (Å²) in [5.41, 5.74) is 6.73. The largest absolute Gasteiger partial charge is 0.494 e. The second kappa shape index (κ2) is 11.4. The number of nitro benzene ring substituents is 1. The number of hydrogen-bond donors (Lipinski definition) is 1. The summed E-state index contributed by atoms with van der Waals surface area (Å²) in [6.07, 6.45) is 1.79. The van der Waals surface area contributed by atoms with Crippen LogP contribution in [0.2, 0.25) is 0 Å². The number of nitrogens with one attached hydrogen (secondary N) is 1. The molecule has 42 heavy (non-hydrogen) atoms. The third-order valence-corrected chi connectivity index (χ3v) is 8.32. The highest BCUT2D eigenvalue weighted by Crippen LogP contribution is 2.44. The van der Waals surface area contributed by atoms with Crippen molar-refractivity contribution >= 4 is 34.4 Å². The molecule has 2 fully saturated rings. The van der Waals surface area contributed by atoms with Crippen LogP contribution in [0.3, 0.4) is 0 Å². The molecule has 216 valence electrons. The molecule has 10 nitrogen and oxygen atoms in total. The Hall–Kier alpha value is -4.48. The number of anilines is 2. The van der Waals surface area contributed by atoms with Crippen molar-refractivity contribution in [3.8, 4) is 11.4 Å². The van der Waals surface area contributed by atoms with E-state index >= 15 is 0 Å². The molecule has 0 aliphatic carbocycles. The molecule has 2 saturated heterocycles. The topological polar surface area (TPSA) is 97.9 Å². The maximum atomic E-state index is 11.4. The molecule has 0 saturated carbocycles. The Bertz CT molecular complexity index is 1620. The minimum Gasteiger partial charge on any atom is -0.494 e. The maximum Gasteiger partial charge on any atom is 0.273 e. The lowest BCUT2D eigenvalue weighted by Crippen LogP contribution is -2.36. The number of ether oxygens (including phenoxy) is 2. The lowest BCUT2D eigenvalue weighted by molar-refractivity contribution is -0.384. The summed E-state index contributed by atoms with van der Waals surface area (Å²) in [6.45, 7) is 7.27. The van der Waals surface area contributed by atoms with Gasteiger partial charge in [0.05, 0.1) is 54.8 Å². The molecule has 1 N–H and O–H groups in total. The van der Waals surface area contributed by atoms with Crippen LogP contribution in [0.15, 0.2) is 72.9 Å². The Morgan fingerprint density at radius 2 is 1.79 bits per heavy atom. The molecule has 0 radical (unpaired) electrons. The van der Waals surface area contributed by atoms with Gasteiger partial charge in [-0.25, -0.2) is 0 Å². The molecule has 4 aromatic rings. The van der Waals surface area contributed by atoms with Gasteiger partial charge < -0.3 is 29.2 Å². The SMILES string of the molecule is COc1cc([N+](=O)[O-])ccc1-n1c(C)cc([C@H]2[C@H](c3ccccn3)NC(=S)N2c2ccc(N3CCOCC3)cc2)c1C. The van der Waals surface area contributed by atoms with Crippen LogP contribution in [0.1, 0.15) is 34.7 Å². The van der Waals surface area contributed by atoms with Crippen LogP contribution in [0, 0.1) is 24.0 Å². The van der Waals surface area contributed by atoms with Gasteiger partial charge >= 0.3 is 0 Å². The summed E-state index contributed by atoms with van der Waals surface area (Å²) < 4.78 is 13.2. The van der Waals surface area contributed by atoms with Crippen molar-refractivity contribution < 1.29 is 14.4 Å². The van der Waals surface area contributed by atoms with Crippen molar-refractivity contribution in [1.82, 2.24) is 14.9 Å². The highest BCUT2D eigenvalue weighted by molar-refractivity contribution is 7.80. The van der Waals surface area contributed by atoms with Crippen LogP contribution in [0.4, 0.5) is 17.1 Å². The first kappa shape index (κ1) is 27.7. The number of methoxy groups -OCH3 is 1. The van der Waals surface area contributed by atoms with Crippen LogP contribution in [0.25, 0.3) is 5.69 Å². The minimum atomic E-state index is -0.419. The summed E-state index contributed by atoms with van der Waals surface area (Å²) in [6, 6.07) is 20.8. The fraction of sp³-hybridized carbons (Fsp3) is 0.290. The normalized spacial score (nSPS) is 18.7. The average Bonchev–Trinajstić information content (AvgIpc) is 3.52. The smallest absolute Gasteiger partial charge is 0.273 e. The van der Waals surface area contributed by atoms with Crippen molar-refractivity contribution in [3.63, 3.8) is 0 Å². The van der Waals surface area contributed by atoms with Crippen molar-refractivity contribution in [1.29, 1.82) is 0 Å². The molecule has 0 spiro atoms. The molecule has 2 aromatic heterocycles. The Balaban J connectivity index is 1.45. The van der Waals surface area contributed by atoms with Gasteiger partial charge in [-0.3, -0.25) is 15.1 Å². The van der Waals surface area contributed by atoms with Crippen LogP contribution in [-0.2, 0) is 4.74 Å². The first-order valence-electron chi connectivity index (χ1n) is 13.8. The molecule has 4 heterocycles. The monoisotopic (exact) mass is 584 g/mol. The second-order valence-corrected chi connectivity index (χ2v) is 10.8. The van der Waals surface area contributed by atoms with Gasteiger partial charge in [0.2, 0.25) is 0 Å². The molecule has 0 amide bonds. The molecule has 2 aromatic carbocycles.